The summed E-state index contributed by atoms with van der Waals surface area (Å²) in [5.41, 5.74) is 0.587. The Morgan fingerprint density at radius 3 is 2.79 bits per heavy atom. The Morgan fingerprint density at radius 2 is 2.29 bits per heavy atom. The van der Waals surface area contributed by atoms with Crippen LogP contribution in [-0.2, 0) is 0 Å². The van der Waals surface area contributed by atoms with Crippen molar-refractivity contribution in [3.63, 3.8) is 0 Å². The van der Waals surface area contributed by atoms with E-state index in [1.807, 2.05) is 13.8 Å². The van der Waals surface area contributed by atoms with Crippen molar-refractivity contribution in [1.29, 1.82) is 0 Å². The number of carbonyl (C=O) groups excluding carboxylic acids is 1. The highest BCUT2D eigenvalue weighted by atomic mass is 35.5. The molecule has 3 nitrogen and oxygen atoms in total. The largest absolute Gasteiger partial charge is 0.292 e. The van der Waals surface area contributed by atoms with Crippen molar-refractivity contribution in [2.45, 2.75) is 32.7 Å². The zero-order chi connectivity index (χ0) is 10.3. The van der Waals surface area contributed by atoms with Gasteiger partial charge in [0, 0.05) is 12.0 Å². The lowest BCUT2D eigenvalue weighted by Gasteiger charge is -2.09. The van der Waals surface area contributed by atoms with E-state index in [1.54, 1.807) is 10.9 Å². The first-order valence-electron chi connectivity index (χ1n) is 4.88. The van der Waals surface area contributed by atoms with E-state index >= 15 is 0 Å². The maximum absolute atomic E-state index is 11.9. The highest BCUT2D eigenvalue weighted by Gasteiger charge is 2.34. The first-order chi connectivity index (χ1) is 6.61. The van der Waals surface area contributed by atoms with Crippen LogP contribution >= 0.6 is 11.6 Å². The van der Waals surface area contributed by atoms with Crippen LogP contribution < -0.4 is 0 Å². The maximum Gasteiger partial charge on any atom is 0.185 e. The Kier molecular flexibility index (Phi) is 2.35. The topological polar surface area (TPSA) is 34.9 Å². The van der Waals surface area contributed by atoms with Gasteiger partial charge in [-0.05, 0) is 26.7 Å². The summed E-state index contributed by atoms with van der Waals surface area (Å²) in [6.07, 6.45) is 3.55. The number of Topliss-reactive ketones (excluding diaryl/α,β-unsaturated/α-hetero) is 1. The Balaban J connectivity index is 2.38. The number of ketones is 1. The van der Waals surface area contributed by atoms with E-state index in [4.69, 9.17) is 11.6 Å². The van der Waals surface area contributed by atoms with Gasteiger partial charge in [-0.1, -0.05) is 11.6 Å². The summed E-state index contributed by atoms with van der Waals surface area (Å²) in [6.45, 7) is 3.99. The quantitative estimate of drug-likeness (QED) is 0.723. The van der Waals surface area contributed by atoms with Gasteiger partial charge in [-0.2, -0.15) is 5.10 Å². The van der Waals surface area contributed by atoms with Gasteiger partial charge in [-0.15, -0.1) is 0 Å². The van der Waals surface area contributed by atoms with Crippen molar-refractivity contribution in [3.8, 4) is 0 Å². The summed E-state index contributed by atoms with van der Waals surface area (Å²) in [7, 11) is 0. The van der Waals surface area contributed by atoms with E-state index in [-0.39, 0.29) is 17.7 Å². The summed E-state index contributed by atoms with van der Waals surface area (Å²) < 4.78 is 1.71. The van der Waals surface area contributed by atoms with Crippen LogP contribution in [0.3, 0.4) is 0 Å². The molecule has 0 radical (unpaired) electrons. The minimum absolute atomic E-state index is 0.154. The molecule has 1 aliphatic carbocycles. The number of aromatic nitrogens is 2. The number of rotatable bonds is 3. The van der Waals surface area contributed by atoms with Crippen LogP contribution in [-0.4, -0.2) is 15.6 Å². The smallest absolute Gasteiger partial charge is 0.185 e. The van der Waals surface area contributed by atoms with E-state index < -0.39 is 0 Å². The molecule has 1 aromatic heterocycles. The van der Waals surface area contributed by atoms with Crippen LogP contribution in [0, 0.1) is 5.92 Å². The Morgan fingerprint density at radius 1 is 1.64 bits per heavy atom. The molecular formula is C10H13ClN2O. The fraction of sp³-hybridized carbons (Fsp3) is 0.600. The van der Waals surface area contributed by atoms with Gasteiger partial charge in [0.1, 0.15) is 5.69 Å². The van der Waals surface area contributed by atoms with Gasteiger partial charge in [0.25, 0.3) is 0 Å². The van der Waals surface area contributed by atoms with Crippen LogP contribution in [0.15, 0.2) is 6.20 Å². The molecule has 1 saturated carbocycles. The highest BCUT2D eigenvalue weighted by molar-refractivity contribution is 6.33. The van der Waals surface area contributed by atoms with Gasteiger partial charge in [-0.3, -0.25) is 9.48 Å². The first-order valence-corrected chi connectivity index (χ1v) is 5.26. The van der Waals surface area contributed by atoms with Crippen molar-refractivity contribution in [3.05, 3.63) is 16.9 Å². The maximum atomic E-state index is 11.9. The predicted octanol–water partition coefficient (Wildman–Crippen LogP) is 2.71. The molecule has 14 heavy (non-hydrogen) atoms. The van der Waals surface area contributed by atoms with E-state index in [2.05, 4.69) is 5.10 Å². The van der Waals surface area contributed by atoms with E-state index in [1.165, 1.54) is 0 Å². The highest BCUT2D eigenvalue weighted by Crippen LogP contribution is 2.35. The third-order valence-corrected chi connectivity index (χ3v) is 2.70. The van der Waals surface area contributed by atoms with Crippen molar-refractivity contribution in [2.24, 2.45) is 5.92 Å². The predicted molar refractivity (Wildman–Crippen MR) is 54.7 cm³/mol. The first kappa shape index (κ1) is 9.71. The Labute approximate surface area is 88.1 Å². The van der Waals surface area contributed by atoms with Gasteiger partial charge < -0.3 is 0 Å². The van der Waals surface area contributed by atoms with Crippen LogP contribution in [0.5, 0.6) is 0 Å². The molecule has 76 valence electrons. The zero-order valence-corrected chi connectivity index (χ0v) is 9.08. The summed E-state index contributed by atoms with van der Waals surface area (Å²) >= 11 is 5.95. The molecule has 0 unspecified atom stereocenters. The van der Waals surface area contributed by atoms with Crippen molar-refractivity contribution < 1.29 is 4.79 Å². The lowest BCUT2D eigenvalue weighted by Crippen LogP contribution is -2.14. The Bertz CT molecular complexity index is 366. The van der Waals surface area contributed by atoms with E-state index in [0.29, 0.717) is 10.7 Å². The molecule has 1 aromatic rings. The van der Waals surface area contributed by atoms with Crippen LogP contribution in [0.25, 0.3) is 0 Å². The standard InChI is InChI=1S/C10H13ClN2O/c1-6(2)13-9(8(11)5-12-13)10(14)7-3-4-7/h5-7H,3-4H2,1-2H3. The molecule has 0 spiro atoms. The third-order valence-electron chi connectivity index (χ3n) is 2.42. The summed E-state index contributed by atoms with van der Waals surface area (Å²) in [5, 5.41) is 4.59. The Hall–Kier alpha value is -0.830. The fourth-order valence-electron chi connectivity index (χ4n) is 1.50. The minimum atomic E-state index is 0.154. The van der Waals surface area contributed by atoms with Crippen LogP contribution in [0.1, 0.15) is 43.2 Å². The summed E-state index contributed by atoms with van der Waals surface area (Å²) in [6, 6.07) is 0.181. The molecule has 4 heteroatoms. The number of halogens is 1. The second-order valence-electron chi connectivity index (χ2n) is 4.02. The average Bonchev–Trinajstić information content (AvgIpc) is 2.88. The normalized spacial score (nSPS) is 16.3. The lowest BCUT2D eigenvalue weighted by molar-refractivity contribution is 0.0955. The molecular weight excluding hydrogens is 200 g/mol. The number of hydrogen-bond donors (Lipinski definition) is 0. The van der Waals surface area contributed by atoms with Gasteiger partial charge in [-0.25, -0.2) is 0 Å². The number of nitrogens with zero attached hydrogens (tertiary/aromatic N) is 2. The lowest BCUT2D eigenvalue weighted by atomic mass is 10.2. The second kappa shape index (κ2) is 3.39. The molecule has 2 rings (SSSR count). The molecule has 1 aliphatic rings. The van der Waals surface area contributed by atoms with Gasteiger partial charge in [0.05, 0.1) is 11.2 Å². The van der Waals surface area contributed by atoms with Crippen molar-refractivity contribution in [1.82, 2.24) is 9.78 Å². The van der Waals surface area contributed by atoms with Crippen molar-refractivity contribution >= 4 is 17.4 Å². The van der Waals surface area contributed by atoms with Crippen molar-refractivity contribution in [2.75, 3.05) is 0 Å². The minimum Gasteiger partial charge on any atom is -0.292 e. The fourth-order valence-corrected chi connectivity index (χ4v) is 1.73. The molecule has 1 heterocycles. The second-order valence-corrected chi connectivity index (χ2v) is 4.43. The van der Waals surface area contributed by atoms with Crippen LogP contribution in [0.4, 0.5) is 0 Å². The van der Waals surface area contributed by atoms with Gasteiger partial charge in [0.2, 0.25) is 0 Å². The SMILES string of the molecule is CC(C)n1ncc(Cl)c1C(=O)C1CC1. The molecule has 0 aliphatic heterocycles. The zero-order valence-electron chi connectivity index (χ0n) is 8.33. The summed E-state index contributed by atoms with van der Waals surface area (Å²) in [5.74, 6) is 0.350. The third kappa shape index (κ3) is 1.57. The molecule has 0 saturated heterocycles. The molecule has 0 amide bonds. The molecule has 0 N–H and O–H groups in total. The molecule has 0 aromatic carbocycles. The molecule has 1 fully saturated rings. The van der Waals surface area contributed by atoms with E-state index in [9.17, 15) is 4.79 Å². The average molecular weight is 213 g/mol. The number of carbonyl (C=O) groups is 1. The molecule has 0 bridgehead atoms. The summed E-state index contributed by atoms with van der Waals surface area (Å²) in [4.78, 5) is 11.9. The van der Waals surface area contributed by atoms with Crippen LogP contribution in [0.2, 0.25) is 5.02 Å². The number of hydrogen-bond acceptors (Lipinski definition) is 2. The van der Waals surface area contributed by atoms with E-state index in [0.717, 1.165) is 12.8 Å². The monoisotopic (exact) mass is 212 g/mol. The van der Waals surface area contributed by atoms with Gasteiger partial charge >= 0.3 is 0 Å². The molecule has 0 atom stereocenters. The van der Waals surface area contributed by atoms with Gasteiger partial charge in [0.15, 0.2) is 5.78 Å².